The van der Waals surface area contributed by atoms with E-state index in [0.717, 1.165) is 30.3 Å². The molecule has 1 saturated heterocycles. The maximum Gasteiger partial charge on any atom is 0.0580 e. The van der Waals surface area contributed by atoms with Gasteiger partial charge >= 0.3 is 0 Å². The second-order valence-electron chi connectivity index (χ2n) is 8.09. The van der Waals surface area contributed by atoms with Crippen LogP contribution in [0, 0.1) is 23.7 Å². The molecule has 0 aromatic rings. The first-order chi connectivity index (χ1) is 9.63. The highest BCUT2D eigenvalue weighted by Gasteiger charge is 2.25. The Balaban J connectivity index is 1.68. The molecule has 1 aliphatic carbocycles. The van der Waals surface area contributed by atoms with Gasteiger partial charge in [-0.3, -0.25) is 0 Å². The molecule has 0 bridgehead atoms. The quantitative estimate of drug-likeness (QED) is 0.595. The van der Waals surface area contributed by atoms with Crippen LogP contribution in [0.2, 0.25) is 0 Å². The Hall–Kier alpha value is -0.0400. The fraction of sp³-hybridized carbons (Fsp3) is 1.00. The summed E-state index contributed by atoms with van der Waals surface area (Å²) in [6, 6.07) is 0. The topological polar surface area (TPSA) is 9.23 Å². The Bertz CT molecular complexity index is 254. The number of hydrogen-bond acceptors (Lipinski definition) is 1. The lowest BCUT2D eigenvalue weighted by molar-refractivity contribution is -0.0258. The van der Waals surface area contributed by atoms with Gasteiger partial charge in [0.05, 0.1) is 6.10 Å². The van der Waals surface area contributed by atoms with Crippen molar-refractivity contribution in [1.82, 2.24) is 0 Å². The van der Waals surface area contributed by atoms with Gasteiger partial charge in [0.1, 0.15) is 0 Å². The van der Waals surface area contributed by atoms with Crippen LogP contribution >= 0.6 is 0 Å². The van der Waals surface area contributed by atoms with Crippen LogP contribution in [0.15, 0.2) is 0 Å². The highest BCUT2D eigenvalue weighted by molar-refractivity contribution is 4.76. The van der Waals surface area contributed by atoms with Gasteiger partial charge in [-0.15, -0.1) is 0 Å². The van der Waals surface area contributed by atoms with Crippen molar-refractivity contribution in [3.8, 4) is 0 Å². The zero-order chi connectivity index (χ0) is 14.4. The summed E-state index contributed by atoms with van der Waals surface area (Å²) in [5, 5.41) is 0. The molecule has 1 saturated carbocycles. The van der Waals surface area contributed by atoms with Gasteiger partial charge in [-0.1, -0.05) is 52.9 Å². The minimum absolute atomic E-state index is 0.561. The second kappa shape index (κ2) is 8.41. The molecular weight excluding hydrogens is 244 g/mol. The van der Waals surface area contributed by atoms with Crippen LogP contribution in [0.25, 0.3) is 0 Å². The van der Waals surface area contributed by atoms with E-state index >= 15 is 0 Å². The molecule has 3 atom stereocenters. The van der Waals surface area contributed by atoms with Crippen LogP contribution < -0.4 is 0 Å². The SMILES string of the molecule is CC(C)CC1CCOC(CC(C)CC2CCCCC2)C1. The minimum atomic E-state index is 0.561. The van der Waals surface area contributed by atoms with Gasteiger partial charge < -0.3 is 4.74 Å². The van der Waals surface area contributed by atoms with Gasteiger partial charge in [-0.05, 0) is 55.8 Å². The Morgan fingerprint density at radius 3 is 2.30 bits per heavy atom. The summed E-state index contributed by atoms with van der Waals surface area (Å²) in [5.74, 6) is 3.66. The Kier molecular flexibility index (Phi) is 6.87. The molecule has 0 aromatic heterocycles. The first-order valence-corrected chi connectivity index (χ1v) is 9.25. The number of hydrogen-bond donors (Lipinski definition) is 0. The molecule has 1 aliphatic heterocycles. The fourth-order valence-corrected chi connectivity index (χ4v) is 4.54. The van der Waals surface area contributed by atoms with E-state index < -0.39 is 0 Å². The average molecular weight is 280 g/mol. The highest BCUT2D eigenvalue weighted by Crippen LogP contribution is 2.33. The molecule has 1 heteroatoms. The maximum atomic E-state index is 6.05. The summed E-state index contributed by atoms with van der Waals surface area (Å²) >= 11 is 0. The predicted molar refractivity (Wildman–Crippen MR) is 86.9 cm³/mol. The molecule has 2 aliphatic rings. The molecule has 2 rings (SSSR count). The molecule has 0 radical (unpaired) electrons. The standard InChI is InChI=1S/C19H36O/c1-15(2)11-18-9-10-20-19(14-18)13-16(3)12-17-7-5-4-6-8-17/h15-19H,4-14H2,1-3H3. The largest absolute Gasteiger partial charge is 0.378 e. The first-order valence-electron chi connectivity index (χ1n) is 9.25. The van der Waals surface area contributed by atoms with E-state index in [2.05, 4.69) is 20.8 Å². The number of ether oxygens (including phenoxy) is 1. The van der Waals surface area contributed by atoms with E-state index in [1.165, 1.54) is 64.2 Å². The van der Waals surface area contributed by atoms with Crippen molar-refractivity contribution in [3.05, 3.63) is 0 Å². The molecule has 0 spiro atoms. The van der Waals surface area contributed by atoms with Crippen molar-refractivity contribution >= 4 is 0 Å². The normalized spacial score (nSPS) is 30.6. The van der Waals surface area contributed by atoms with Crippen LogP contribution in [0.5, 0.6) is 0 Å². The van der Waals surface area contributed by atoms with Crippen LogP contribution in [-0.4, -0.2) is 12.7 Å². The molecular formula is C19H36O. The lowest BCUT2D eigenvalue weighted by Gasteiger charge is -2.33. The van der Waals surface area contributed by atoms with Gasteiger partial charge in [0, 0.05) is 6.61 Å². The van der Waals surface area contributed by atoms with E-state index in [0.29, 0.717) is 6.10 Å². The lowest BCUT2D eigenvalue weighted by Crippen LogP contribution is -2.28. The zero-order valence-corrected chi connectivity index (χ0v) is 14.1. The summed E-state index contributed by atoms with van der Waals surface area (Å²) in [6.45, 7) is 8.19. The molecule has 0 N–H and O–H groups in total. The van der Waals surface area contributed by atoms with Crippen LogP contribution in [0.3, 0.4) is 0 Å². The molecule has 118 valence electrons. The van der Waals surface area contributed by atoms with Crippen molar-refractivity contribution in [2.24, 2.45) is 23.7 Å². The third-order valence-electron chi connectivity index (χ3n) is 5.41. The van der Waals surface area contributed by atoms with Gasteiger partial charge in [-0.2, -0.15) is 0 Å². The average Bonchev–Trinajstić information content (AvgIpc) is 2.39. The van der Waals surface area contributed by atoms with E-state index in [4.69, 9.17) is 4.74 Å². The van der Waals surface area contributed by atoms with Gasteiger partial charge in [0.15, 0.2) is 0 Å². The molecule has 2 fully saturated rings. The Morgan fingerprint density at radius 1 is 0.850 bits per heavy atom. The van der Waals surface area contributed by atoms with Gasteiger partial charge in [0.2, 0.25) is 0 Å². The third-order valence-corrected chi connectivity index (χ3v) is 5.41. The second-order valence-corrected chi connectivity index (χ2v) is 8.09. The molecule has 0 amide bonds. The van der Waals surface area contributed by atoms with Crippen molar-refractivity contribution < 1.29 is 4.74 Å². The van der Waals surface area contributed by atoms with Crippen molar-refractivity contribution in [2.45, 2.75) is 91.1 Å². The van der Waals surface area contributed by atoms with Crippen LogP contribution in [0.4, 0.5) is 0 Å². The number of rotatable bonds is 6. The van der Waals surface area contributed by atoms with Crippen molar-refractivity contribution in [3.63, 3.8) is 0 Å². The van der Waals surface area contributed by atoms with E-state index in [1.54, 1.807) is 0 Å². The monoisotopic (exact) mass is 280 g/mol. The lowest BCUT2D eigenvalue weighted by atomic mass is 9.80. The summed E-state index contributed by atoms with van der Waals surface area (Å²) in [4.78, 5) is 0. The first kappa shape index (κ1) is 16.3. The van der Waals surface area contributed by atoms with Crippen LogP contribution in [-0.2, 0) is 4.74 Å². The summed E-state index contributed by atoms with van der Waals surface area (Å²) < 4.78 is 6.05. The molecule has 0 aromatic carbocycles. The molecule has 1 nitrogen and oxygen atoms in total. The predicted octanol–water partition coefficient (Wildman–Crippen LogP) is 5.82. The molecule has 20 heavy (non-hydrogen) atoms. The Labute approximate surface area is 126 Å². The smallest absolute Gasteiger partial charge is 0.0580 e. The van der Waals surface area contributed by atoms with Gasteiger partial charge in [-0.25, -0.2) is 0 Å². The van der Waals surface area contributed by atoms with Crippen molar-refractivity contribution in [2.75, 3.05) is 6.61 Å². The zero-order valence-electron chi connectivity index (χ0n) is 14.1. The minimum Gasteiger partial charge on any atom is -0.378 e. The summed E-state index contributed by atoms with van der Waals surface area (Å²) in [7, 11) is 0. The summed E-state index contributed by atoms with van der Waals surface area (Å²) in [5.41, 5.74) is 0. The molecule has 1 heterocycles. The summed E-state index contributed by atoms with van der Waals surface area (Å²) in [6.07, 6.45) is 14.8. The van der Waals surface area contributed by atoms with E-state index in [9.17, 15) is 0 Å². The molecule has 3 unspecified atom stereocenters. The van der Waals surface area contributed by atoms with E-state index in [1.807, 2.05) is 0 Å². The maximum absolute atomic E-state index is 6.05. The van der Waals surface area contributed by atoms with Gasteiger partial charge in [0.25, 0.3) is 0 Å². The highest BCUT2D eigenvalue weighted by atomic mass is 16.5. The van der Waals surface area contributed by atoms with Crippen molar-refractivity contribution in [1.29, 1.82) is 0 Å². The Morgan fingerprint density at radius 2 is 1.60 bits per heavy atom. The van der Waals surface area contributed by atoms with E-state index in [-0.39, 0.29) is 0 Å². The van der Waals surface area contributed by atoms with Crippen LogP contribution in [0.1, 0.15) is 85.0 Å². The fourth-order valence-electron chi connectivity index (χ4n) is 4.54. The third kappa shape index (κ3) is 5.76.